The van der Waals surface area contributed by atoms with Gasteiger partial charge >= 0.3 is 0 Å². The van der Waals surface area contributed by atoms with Crippen molar-refractivity contribution in [1.82, 2.24) is 5.32 Å². The molecule has 1 saturated heterocycles. The lowest BCUT2D eigenvalue weighted by molar-refractivity contribution is 0.589. The van der Waals surface area contributed by atoms with Gasteiger partial charge < -0.3 is 10.2 Å². The SMILES string of the molecule is Cc1cc(Br)ccc1N(C)S(=O)(=O)c1ccc(N2CCNCC2)c2ccccc12.Cl. The molecule has 5 nitrogen and oxygen atoms in total. The maximum absolute atomic E-state index is 13.6. The minimum Gasteiger partial charge on any atom is -0.368 e. The highest BCUT2D eigenvalue weighted by Gasteiger charge is 2.26. The Morgan fingerprint density at radius 1 is 1.00 bits per heavy atom. The fourth-order valence-electron chi connectivity index (χ4n) is 3.91. The number of halogens is 2. The largest absolute Gasteiger partial charge is 0.368 e. The predicted octanol–water partition coefficient (Wildman–Crippen LogP) is 4.57. The Kier molecular flexibility index (Phi) is 6.97. The molecule has 1 fully saturated rings. The molecule has 0 aromatic heterocycles. The summed E-state index contributed by atoms with van der Waals surface area (Å²) in [5.41, 5.74) is 2.65. The summed E-state index contributed by atoms with van der Waals surface area (Å²) in [6.45, 7) is 5.60. The van der Waals surface area contributed by atoms with Crippen LogP contribution >= 0.6 is 28.3 Å². The Balaban J connectivity index is 0.00000256. The minimum atomic E-state index is -3.71. The third kappa shape index (κ3) is 4.17. The van der Waals surface area contributed by atoms with Gasteiger partial charge in [-0.1, -0.05) is 40.2 Å². The molecule has 1 heterocycles. The molecule has 3 aromatic carbocycles. The van der Waals surface area contributed by atoms with Crippen LogP contribution in [0.3, 0.4) is 0 Å². The summed E-state index contributed by atoms with van der Waals surface area (Å²) >= 11 is 3.44. The van der Waals surface area contributed by atoms with Crippen LogP contribution in [0.2, 0.25) is 0 Å². The first-order valence-corrected chi connectivity index (χ1v) is 11.9. The van der Waals surface area contributed by atoms with Crippen LogP contribution in [-0.2, 0) is 10.0 Å². The molecular weight excluding hydrogens is 486 g/mol. The molecule has 1 aliphatic rings. The van der Waals surface area contributed by atoms with Gasteiger partial charge in [0.15, 0.2) is 0 Å². The maximum atomic E-state index is 13.6. The van der Waals surface area contributed by atoms with E-state index in [4.69, 9.17) is 0 Å². The lowest BCUT2D eigenvalue weighted by Gasteiger charge is -2.31. The van der Waals surface area contributed by atoms with E-state index in [9.17, 15) is 8.42 Å². The van der Waals surface area contributed by atoms with Gasteiger partial charge in [0.2, 0.25) is 0 Å². The molecule has 1 aliphatic heterocycles. The van der Waals surface area contributed by atoms with Crippen molar-refractivity contribution in [2.24, 2.45) is 0 Å². The van der Waals surface area contributed by atoms with Gasteiger partial charge in [-0.05, 0) is 42.8 Å². The molecule has 30 heavy (non-hydrogen) atoms. The van der Waals surface area contributed by atoms with Gasteiger partial charge in [-0.25, -0.2) is 8.42 Å². The second kappa shape index (κ2) is 9.14. The summed E-state index contributed by atoms with van der Waals surface area (Å²) < 4.78 is 29.4. The van der Waals surface area contributed by atoms with Crippen molar-refractivity contribution in [1.29, 1.82) is 0 Å². The molecule has 0 atom stereocenters. The molecular formula is C22H25BrClN3O2S. The molecule has 3 aromatic rings. The Labute approximate surface area is 192 Å². The zero-order chi connectivity index (χ0) is 20.6. The Hall–Kier alpha value is -1.80. The fraction of sp³-hybridized carbons (Fsp3) is 0.273. The van der Waals surface area contributed by atoms with Crippen LogP contribution in [0.15, 0.2) is 64.0 Å². The van der Waals surface area contributed by atoms with E-state index in [1.807, 2.05) is 55.5 Å². The van der Waals surface area contributed by atoms with E-state index in [1.54, 1.807) is 13.1 Å². The van der Waals surface area contributed by atoms with Crippen LogP contribution in [0, 0.1) is 6.92 Å². The lowest BCUT2D eigenvalue weighted by Crippen LogP contribution is -2.43. The number of piperazine rings is 1. The van der Waals surface area contributed by atoms with Crippen molar-refractivity contribution in [2.75, 3.05) is 42.4 Å². The monoisotopic (exact) mass is 509 g/mol. The highest BCUT2D eigenvalue weighted by atomic mass is 79.9. The molecule has 160 valence electrons. The number of benzene rings is 3. The van der Waals surface area contributed by atoms with Crippen molar-refractivity contribution >= 4 is 60.5 Å². The van der Waals surface area contributed by atoms with Crippen LogP contribution in [-0.4, -0.2) is 41.6 Å². The van der Waals surface area contributed by atoms with Crippen molar-refractivity contribution < 1.29 is 8.42 Å². The van der Waals surface area contributed by atoms with Gasteiger partial charge in [-0.15, -0.1) is 12.4 Å². The number of sulfonamides is 1. The smallest absolute Gasteiger partial charge is 0.264 e. The molecule has 0 radical (unpaired) electrons. The summed E-state index contributed by atoms with van der Waals surface area (Å²) in [5, 5.41) is 5.09. The molecule has 1 N–H and O–H groups in total. The zero-order valence-electron chi connectivity index (χ0n) is 16.9. The second-order valence-electron chi connectivity index (χ2n) is 7.27. The summed E-state index contributed by atoms with van der Waals surface area (Å²) in [4.78, 5) is 2.65. The molecule has 0 unspecified atom stereocenters. The van der Waals surface area contributed by atoms with Gasteiger partial charge in [0.1, 0.15) is 0 Å². The molecule has 4 rings (SSSR count). The van der Waals surface area contributed by atoms with Crippen LogP contribution in [0.4, 0.5) is 11.4 Å². The van der Waals surface area contributed by atoms with E-state index in [0.29, 0.717) is 10.6 Å². The number of nitrogens with zero attached hydrogens (tertiary/aromatic N) is 2. The third-order valence-corrected chi connectivity index (χ3v) is 7.78. The molecule has 0 saturated carbocycles. The van der Waals surface area contributed by atoms with Gasteiger partial charge in [-0.2, -0.15) is 0 Å². The third-order valence-electron chi connectivity index (χ3n) is 5.46. The van der Waals surface area contributed by atoms with Crippen molar-refractivity contribution in [2.45, 2.75) is 11.8 Å². The number of anilines is 2. The lowest BCUT2D eigenvalue weighted by atomic mass is 10.1. The molecule has 0 aliphatic carbocycles. The van der Waals surface area contributed by atoms with Crippen LogP contribution in [0.25, 0.3) is 10.8 Å². The van der Waals surface area contributed by atoms with Gasteiger partial charge in [0.25, 0.3) is 10.0 Å². The number of hydrogen-bond donors (Lipinski definition) is 1. The van der Waals surface area contributed by atoms with Crippen LogP contribution in [0.5, 0.6) is 0 Å². The number of aryl methyl sites for hydroxylation is 1. The topological polar surface area (TPSA) is 52.7 Å². The highest BCUT2D eigenvalue weighted by Crippen LogP contribution is 2.35. The molecule has 8 heteroatoms. The average molecular weight is 511 g/mol. The summed E-state index contributed by atoms with van der Waals surface area (Å²) in [7, 11) is -2.10. The second-order valence-corrected chi connectivity index (χ2v) is 10.1. The van der Waals surface area contributed by atoms with Crippen molar-refractivity contribution in [3.05, 3.63) is 64.6 Å². The summed E-state index contributed by atoms with van der Waals surface area (Å²) in [5.74, 6) is 0. The van der Waals surface area contributed by atoms with Crippen molar-refractivity contribution in [3.8, 4) is 0 Å². The maximum Gasteiger partial charge on any atom is 0.264 e. The number of rotatable bonds is 4. The summed E-state index contributed by atoms with van der Waals surface area (Å²) in [6.07, 6.45) is 0. The van der Waals surface area contributed by atoms with E-state index >= 15 is 0 Å². The number of fused-ring (bicyclic) bond motifs is 1. The Bertz CT molecular complexity index is 1160. The van der Waals surface area contributed by atoms with Crippen LogP contribution in [0.1, 0.15) is 5.56 Å². The first-order valence-electron chi connectivity index (χ1n) is 9.62. The molecule has 0 spiro atoms. The minimum absolute atomic E-state index is 0. The standard InChI is InChI=1S/C22H24BrN3O2S.ClH/c1-16-15-17(23)7-8-20(16)25(2)29(27,28)22-10-9-21(26-13-11-24-12-14-26)18-5-3-4-6-19(18)22;/h3-10,15,24H,11-14H2,1-2H3;1H. The van der Waals surface area contributed by atoms with E-state index in [2.05, 4.69) is 26.1 Å². The van der Waals surface area contributed by atoms with Crippen molar-refractivity contribution in [3.63, 3.8) is 0 Å². The zero-order valence-corrected chi connectivity index (χ0v) is 20.1. The van der Waals surface area contributed by atoms with Gasteiger partial charge in [-0.3, -0.25) is 4.31 Å². The number of hydrogen-bond acceptors (Lipinski definition) is 4. The fourth-order valence-corrected chi connectivity index (χ4v) is 5.84. The molecule has 0 bridgehead atoms. The van der Waals surface area contributed by atoms with Gasteiger partial charge in [0.05, 0.1) is 10.6 Å². The first kappa shape index (κ1) is 22.9. The Morgan fingerprint density at radius 2 is 1.67 bits per heavy atom. The van der Waals surface area contributed by atoms with E-state index in [0.717, 1.165) is 52.7 Å². The normalized spacial score (nSPS) is 14.4. The number of nitrogens with one attached hydrogen (secondary N) is 1. The predicted molar refractivity (Wildman–Crippen MR) is 131 cm³/mol. The quantitative estimate of drug-likeness (QED) is 0.559. The van der Waals surface area contributed by atoms with Gasteiger partial charge in [0, 0.05) is 54.2 Å². The van der Waals surface area contributed by atoms with E-state index in [-0.39, 0.29) is 12.4 Å². The van der Waals surface area contributed by atoms with E-state index < -0.39 is 10.0 Å². The van der Waals surface area contributed by atoms with E-state index in [1.165, 1.54) is 4.31 Å². The van der Waals surface area contributed by atoms with Crippen LogP contribution < -0.4 is 14.5 Å². The average Bonchev–Trinajstić information content (AvgIpc) is 2.73. The first-order chi connectivity index (χ1) is 13.9. The summed E-state index contributed by atoms with van der Waals surface area (Å²) in [6, 6.07) is 17.1. The highest BCUT2D eigenvalue weighted by molar-refractivity contribution is 9.10. The molecule has 0 amide bonds. The Morgan fingerprint density at radius 3 is 2.33 bits per heavy atom.